The largest absolute Gasteiger partial charge is 0.508 e. The number of nitrogens with one attached hydrogen (secondary N) is 1. The fourth-order valence-corrected chi connectivity index (χ4v) is 4.38. The fourth-order valence-electron chi connectivity index (χ4n) is 4.38. The normalized spacial score (nSPS) is 15.6. The van der Waals surface area contributed by atoms with E-state index in [0.717, 1.165) is 54.2 Å². The summed E-state index contributed by atoms with van der Waals surface area (Å²) in [4.78, 5) is 15.6. The van der Waals surface area contributed by atoms with E-state index < -0.39 is 0 Å². The number of furan rings is 1. The number of carbonyl (C=O) groups is 1. The van der Waals surface area contributed by atoms with Gasteiger partial charge in [0.25, 0.3) is 5.91 Å². The number of phenolic OH excluding ortho intramolecular Hbond substituents is 1. The number of fused-ring (bicyclic) bond motifs is 1. The first-order valence-electron chi connectivity index (χ1n) is 10.7. The number of nitrogens with zero attached hydrogens (tertiary/aromatic N) is 1. The third-order valence-electron chi connectivity index (χ3n) is 6.23. The predicted molar refractivity (Wildman–Crippen MR) is 120 cm³/mol. The zero-order valence-corrected chi connectivity index (χ0v) is 18.2. The van der Waals surface area contributed by atoms with Crippen molar-refractivity contribution in [2.24, 2.45) is 5.92 Å². The van der Waals surface area contributed by atoms with E-state index >= 15 is 0 Å². The topological polar surface area (TPSA) is 65.7 Å². The van der Waals surface area contributed by atoms with Gasteiger partial charge in [0.05, 0.1) is 5.56 Å². The molecule has 1 fully saturated rings. The molecule has 2 heterocycles. The van der Waals surface area contributed by atoms with E-state index in [-0.39, 0.29) is 11.7 Å². The number of benzene rings is 2. The lowest BCUT2D eigenvalue weighted by atomic mass is 9.97. The van der Waals surface area contributed by atoms with Crippen LogP contribution in [-0.2, 0) is 6.54 Å². The van der Waals surface area contributed by atoms with Crippen LogP contribution in [0.2, 0.25) is 0 Å². The lowest BCUT2D eigenvalue weighted by Crippen LogP contribution is -2.32. The van der Waals surface area contributed by atoms with Gasteiger partial charge in [-0.05, 0) is 76.4 Å². The van der Waals surface area contributed by atoms with E-state index in [4.69, 9.17) is 4.42 Å². The number of hydrogen-bond donors (Lipinski definition) is 2. The van der Waals surface area contributed by atoms with Gasteiger partial charge in [-0.15, -0.1) is 0 Å². The van der Waals surface area contributed by atoms with Crippen LogP contribution in [0.15, 0.2) is 34.7 Å². The second-order valence-corrected chi connectivity index (χ2v) is 8.70. The number of likely N-dealkylation sites (tertiary alicyclic amines) is 1. The molecule has 0 saturated carbocycles. The van der Waals surface area contributed by atoms with Crippen molar-refractivity contribution in [3.63, 3.8) is 0 Å². The number of aromatic hydroxyl groups is 1. The molecule has 5 nitrogen and oxygen atoms in total. The first kappa shape index (κ1) is 20.5. The maximum Gasteiger partial charge on any atom is 0.259 e. The van der Waals surface area contributed by atoms with Crippen molar-refractivity contribution >= 4 is 22.6 Å². The molecule has 0 bridgehead atoms. The average Bonchev–Trinajstić information content (AvgIpc) is 3.04. The minimum atomic E-state index is -0.211. The fraction of sp³-hybridized carbons (Fsp3) is 0.400. The molecule has 0 radical (unpaired) electrons. The highest BCUT2D eigenvalue weighted by molar-refractivity contribution is 6.14. The van der Waals surface area contributed by atoms with Crippen molar-refractivity contribution in [1.82, 2.24) is 4.90 Å². The summed E-state index contributed by atoms with van der Waals surface area (Å²) in [5.41, 5.74) is 4.85. The molecule has 4 rings (SSSR count). The van der Waals surface area contributed by atoms with Gasteiger partial charge >= 0.3 is 0 Å². The molecule has 30 heavy (non-hydrogen) atoms. The number of amides is 1. The van der Waals surface area contributed by atoms with Crippen LogP contribution in [0.5, 0.6) is 5.75 Å². The van der Waals surface area contributed by atoms with E-state index in [1.165, 1.54) is 0 Å². The van der Waals surface area contributed by atoms with Crippen LogP contribution in [0, 0.1) is 26.7 Å². The van der Waals surface area contributed by atoms with Gasteiger partial charge in [0.15, 0.2) is 0 Å². The summed E-state index contributed by atoms with van der Waals surface area (Å²) in [7, 11) is 0. The molecule has 1 aromatic heterocycles. The average molecular weight is 407 g/mol. The summed E-state index contributed by atoms with van der Waals surface area (Å²) in [6, 6.07) is 9.36. The summed E-state index contributed by atoms with van der Waals surface area (Å²) in [5.74, 6) is 1.30. The van der Waals surface area contributed by atoms with Gasteiger partial charge in [0, 0.05) is 23.2 Å². The number of phenols is 1. The first-order valence-corrected chi connectivity index (χ1v) is 10.7. The highest BCUT2D eigenvalue weighted by Gasteiger charge is 2.25. The van der Waals surface area contributed by atoms with Crippen LogP contribution in [-0.4, -0.2) is 29.0 Å². The van der Waals surface area contributed by atoms with Gasteiger partial charge in [0.2, 0.25) is 0 Å². The standard InChI is InChI=1S/C25H30N2O3/c1-15-9-11-27(12-10-15)14-19-21(28)7-8-22-24(19)23(18(4)30-22)25(29)26-20-6-5-16(2)13-17(20)3/h5-8,13,15,28H,9-12,14H2,1-4H3,(H,26,29). The molecular formula is C25H30N2O3. The Kier molecular flexibility index (Phi) is 5.56. The highest BCUT2D eigenvalue weighted by Crippen LogP contribution is 2.36. The van der Waals surface area contributed by atoms with Crippen LogP contribution < -0.4 is 5.32 Å². The SMILES string of the molecule is Cc1ccc(NC(=O)c2c(C)oc3ccc(O)c(CN4CCC(C)CC4)c23)c(C)c1. The van der Waals surface area contributed by atoms with Crippen LogP contribution in [0.4, 0.5) is 5.69 Å². The zero-order chi connectivity index (χ0) is 21.4. The number of anilines is 1. The molecule has 1 amide bonds. The van der Waals surface area contributed by atoms with E-state index in [0.29, 0.717) is 28.8 Å². The molecule has 2 N–H and O–H groups in total. The molecule has 1 saturated heterocycles. The molecule has 0 aliphatic carbocycles. The number of hydrogen-bond acceptors (Lipinski definition) is 4. The van der Waals surface area contributed by atoms with Crippen molar-refractivity contribution in [1.29, 1.82) is 0 Å². The smallest absolute Gasteiger partial charge is 0.259 e. The number of piperidine rings is 1. The quantitative estimate of drug-likeness (QED) is 0.596. The van der Waals surface area contributed by atoms with Gasteiger partial charge in [-0.3, -0.25) is 9.69 Å². The molecule has 1 aliphatic rings. The van der Waals surface area contributed by atoms with E-state index in [1.807, 2.05) is 32.0 Å². The third kappa shape index (κ3) is 3.94. The van der Waals surface area contributed by atoms with Crippen molar-refractivity contribution in [2.75, 3.05) is 18.4 Å². The second-order valence-electron chi connectivity index (χ2n) is 8.70. The summed E-state index contributed by atoms with van der Waals surface area (Å²) in [6.45, 7) is 10.7. The molecule has 1 aliphatic heterocycles. The molecule has 0 spiro atoms. The first-order chi connectivity index (χ1) is 14.3. The number of aryl methyl sites for hydroxylation is 3. The van der Waals surface area contributed by atoms with Crippen LogP contribution in [0.3, 0.4) is 0 Å². The van der Waals surface area contributed by atoms with Gasteiger partial charge in [-0.25, -0.2) is 0 Å². The Labute approximate surface area is 177 Å². The van der Waals surface area contributed by atoms with Crippen LogP contribution in [0.1, 0.15) is 52.6 Å². The Balaban J connectivity index is 1.71. The van der Waals surface area contributed by atoms with Crippen molar-refractivity contribution in [2.45, 2.75) is 47.1 Å². The monoisotopic (exact) mass is 406 g/mol. The van der Waals surface area contributed by atoms with Crippen molar-refractivity contribution in [3.05, 3.63) is 58.3 Å². The zero-order valence-electron chi connectivity index (χ0n) is 18.2. The Morgan fingerprint density at radius 2 is 1.90 bits per heavy atom. The molecule has 0 atom stereocenters. The molecule has 5 heteroatoms. The van der Waals surface area contributed by atoms with E-state index in [9.17, 15) is 9.90 Å². The maximum atomic E-state index is 13.3. The third-order valence-corrected chi connectivity index (χ3v) is 6.23. The lowest BCUT2D eigenvalue weighted by molar-refractivity contribution is 0.102. The minimum absolute atomic E-state index is 0.211. The van der Waals surface area contributed by atoms with Gasteiger partial charge in [0.1, 0.15) is 17.1 Å². The van der Waals surface area contributed by atoms with Crippen LogP contribution >= 0.6 is 0 Å². The van der Waals surface area contributed by atoms with Gasteiger partial charge in [-0.2, -0.15) is 0 Å². The van der Waals surface area contributed by atoms with E-state index in [2.05, 4.69) is 17.1 Å². The summed E-state index contributed by atoms with van der Waals surface area (Å²) in [6.07, 6.45) is 2.31. The van der Waals surface area contributed by atoms with Crippen molar-refractivity contribution in [3.8, 4) is 5.75 Å². The Morgan fingerprint density at radius 1 is 1.17 bits per heavy atom. The molecule has 158 valence electrons. The highest BCUT2D eigenvalue weighted by atomic mass is 16.3. The minimum Gasteiger partial charge on any atom is -0.508 e. The Hall–Kier alpha value is -2.79. The Morgan fingerprint density at radius 3 is 2.60 bits per heavy atom. The Bertz CT molecular complexity index is 1090. The molecule has 3 aromatic rings. The molecular weight excluding hydrogens is 376 g/mol. The maximum absolute atomic E-state index is 13.3. The summed E-state index contributed by atoms with van der Waals surface area (Å²) >= 11 is 0. The lowest BCUT2D eigenvalue weighted by Gasteiger charge is -2.30. The predicted octanol–water partition coefficient (Wildman–Crippen LogP) is 5.55. The van der Waals surface area contributed by atoms with Crippen LogP contribution in [0.25, 0.3) is 11.0 Å². The summed E-state index contributed by atoms with van der Waals surface area (Å²) < 4.78 is 5.92. The van der Waals surface area contributed by atoms with Gasteiger partial charge in [-0.1, -0.05) is 24.6 Å². The molecule has 2 aromatic carbocycles. The number of rotatable bonds is 4. The van der Waals surface area contributed by atoms with Crippen molar-refractivity contribution < 1.29 is 14.3 Å². The molecule has 0 unspecified atom stereocenters. The summed E-state index contributed by atoms with van der Waals surface area (Å²) in [5, 5.41) is 14.4. The van der Waals surface area contributed by atoms with Gasteiger partial charge < -0.3 is 14.8 Å². The number of carbonyl (C=O) groups excluding carboxylic acids is 1. The van der Waals surface area contributed by atoms with E-state index in [1.54, 1.807) is 19.1 Å². The second kappa shape index (κ2) is 8.15.